The van der Waals surface area contributed by atoms with Crippen molar-refractivity contribution in [3.63, 3.8) is 0 Å². The summed E-state index contributed by atoms with van der Waals surface area (Å²) in [5.41, 5.74) is 6.04. The van der Waals surface area contributed by atoms with Crippen molar-refractivity contribution in [2.24, 2.45) is 5.73 Å². The first-order chi connectivity index (χ1) is 6.24. The highest BCUT2D eigenvalue weighted by Gasteiger charge is 2.19. The lowest BCUT2D eigenvalue weighted by molar-refractivity contribution is 0.149. The molecule has 0 aromatic heterocycles. The van der Waals surface area contributed by atoms with Gasteiger partial charge in [0.1, 0.15) is 0 Å². The summed E-state index contributed by atoms with van der Waals surface area (Å²) < 4.78 is 0. The van der Waals surface area contributed by atoms with E-state index in [1.165, 1.54) is 38.6 Å². The first kappa shape index (κ1) is 11.0. The highest BCUT2D eigenvalue weighted by Crippen LogP contribution is 2.16. The van der Waals surface area contributed by atoms with Crippen LogP contribution in [0.5, 0.6) is 0 Å². The van der Waals surface area contributed by atoms with Gasteiger partial charge in [0.2, 0.25) is 0 Å². The average Bonchev–Trinajstić information content (AvgIpc) is 2.09. The van der Waals surface area contributed by atoms with E-state index in [1.807, 2.05) is 0 Å². The third kappa shape index (κ3) is 3.65. The molecule has 78 valence electrons. The standard InChI is InChI=1S/C11H24N2/c1-3-6-11(12)9-13-8-5-4-7-10(13)2/h10-11H,3-9,12H2,1-2H3. The van der Waals surface area contributed by atoms with E-state index in [4.69, 9.17) is 5.73 Å². The topological polar surface area (TPSA) is 29.3 Å². The highest BCUT2D eigenvalue weighted by atomic mass is 15.2. The van der Waals surface area contributed by atoms with Gasteiger partial charge in [-0.15, -0.1) is 0 Å². The summed E-state index contributed by atoms with van der Waals surface area (Å²) in [6.07, 6.45) is 6.51. The predicted octanol–water partition coefficient (Wildman–Crippen LogP) is 1.99. The summed E-state index contributed by atoms with van der Waals surface area (Å²) in [7, 11) is 0. The van der Waals surface area contributed by atoms with Crippen molar-refractivity contribution in [3.05, 3.63) is 0 Å². The van der Waals surface area contributed by atoms with Crippen LogP contribution in [0.25, 0.3) is 0 Å². The smallest absolute Gasteiger partial charge is 0.0167 e. The lowest BCUT2D eigenvalue weighted by atomic mass is 10.0. The lowest BCUT2D eigenvalue weighted by Gasteiger charge is -2.35. The second-order valence-electron chi connectivity index (χ2n) is 4.39. The van der Waals surface area contributed by atoms with Crippen molar-refractivity contribution in [3.8, 4) is 0 Å². The Hall–Kier alpha value is -0.0800. The first-order valence-electron chi connectivity index (χ1n) is 5.73. The Bertz CT molecular complexity index is 136. The van der Waals surface area contributed by atoms with Crippen molar-refractivity contribution in [2.45, 2.75) is 58.0 Å². The maximum atomic E-state index is 6.04. The fourth-order valence-corrected chi connectivity index (χ4v) is 2.19. The van der Waals surface area contributed by atoms with Crippen LogP contribution in [0, 0.1) is 0 Å². The van der Waals surface area contributed by atoms with E-state index in [-0.39, 0.29) is 0 Å². The second kappa shape index (κ2) is 5.61. The quantitative estimate of drug-likeness (QED) is 0.724. The summed E-state index contributed by atoms with van der Waals surface area (Å²) in [5, 5.41) is 0. The van der Waals surface area contributed by atoms with Crippen LogP contribution in [-0.4, -0.2) is 30.1 Å². The minimum absolute atomic E-state index is 0.394. The molecule has 1 aliphatic heterocycles. The highest BCUT2D eigenvalue weighted by molar-refractivity contribution is 4.76. The fraction of sp³-hybridized carbons (Fsp3) is 1.00. The van der Waals surface area contributed by atoms with E-state index in [1.54, 1.807) is 0 Å². The van der Waals surface area contributed by atoms with Gasteiger partial charge in [-0.05, 0) is 32.7 Å². The predicted molar refractivity (Wildman–Crippen MR) is 57.8 cm³/mol. The van der Waals surface area contributed by atoms with E-state index < -0.39 is 0 Å². The summed E-state index contributed by atoms with van der Waals surface area (Å²) in [6, 6.07) is 1.15. The fourth-order valence-electron chi connectivity index (χ4n) is 2.19. The maximum Gasteiger partial charge on any atom is 0.0167 e. The van der Waals surface area contributed by atoms with Gasteiger partial charge in [0.15, 0.2) is 0 Å². The third-order valence-electron chi connectivity index (χ3n) is 3.07. The zero-order valence-corrected chi connectivity index (χ0v) is 9.13. The van der Waals surface area contributed by atoms with Crippen molar-refractivity contribution in [2.75, 3.05) is 13.1 Å². The average molecular weight is 184 g/mol. The number of nitrogens with two attached hydrogens (primary N) is 1. The van der Waals surface area contributed by atoms with Gasteiger partial charge in [0.25, 0.3) is 0 Å². The van der Waals surface area contributed by atoms with Crippen LogP contribution in [0.15, 0.2) is 0 Å². The minimum Gasteiger partial charge on any atom is -0.327 e. The molecule has 2 atom stereocenters. The molecular weight excluding hydrogens is 160 g/mol. The van der Waals surface area contributed by atoms with E-state index in [0.717, 1.165) is 12.6 Å². The van der Waals surface area contributed by atoms with Crippen LogP contribution in [0.3, 0.4) is 0 Å². The number of hydrogen-bond acceptors (Lipinski definition) is 2. The van der Waals surface area contributed by atoms with Gasteiger partial charge in [0.05, 0.1) is 0 Å². The molecule has 1 rings (SSSR count). The summed E-state index contributed by atoms with van der Waals surface area (Å²) in [4.78, 5) is 2.56. The van der Waals surface area contributed by atoms with E-state index in [9.17, 15) is 0 Å². The molecule has 2 nitrogen and oxygen atoms in total. The maximum absolute atomic E-state index is 6.04. The van der Waals surface area contributed by atoms with Crippen molar-refractivity contribution in [1.82, 2.24) is 4.90 Å². The Morgan fingerprint density at radius 1 is 1.46 bits per heavy atom. The Balaban J connectivity index is 2.25. The lowest BCUT2D eigenvalue weighted by Crippen LogP contribution is -2.44. The van der Waals surface area contributed by atoms with Gasteiger partial charge in [-0.1, -0.05) is 19.8 Å². The number of hydrogen-bond donors (Lipinski definition) is 1. The summed E-state index contributed by atoms with van der Waals surface area (Å²) in [6.45, 7) is 6.91. The normalized spacial score (nSPS) is 27.5. The molecule has 1 heterocycles. The van der Waals surface area contributed by atoms with Gasteiger partial charge in [-0.2, -0.15) is 0 Å². The molecule has 2 N–H and O–H groups in total. The molecule has 0 spiro atoms. The Morgan fingerprint density at radius 2 is 2.23 bits per heavy atom. The summed E-state index contributed by atoms with van der Waals surface area (Å²) >= 11 is 0. The molecule has 0 aromatic rings. The molecule has 1 fully saturated rings. The molecule has 0 aliphatic carbocycles. The molecule has 13 heavy (non-hydrogen) atoms. The molecule has 2 heteroatoms. The molecule has 1 saturated heterocycles. The van der Waals surface area contributed by atoms with Crippen LogP contribution in [0.4, 0.5) is 0 Å². The van der Waals surface area contributed by atoms with Crippen LogP contribution in [0.1, 0.15) is 46.0 Å². The SMILES string of the molecule is CCCC(N)CN1CCCCC1C. The largest absolute Gasteiger partial charge is 0.327 e. The van der Waals surface area contributed by atoms with Gasteiger partial charge >= 0.3 is 0 Å². The third-order valence-corrected chi connectivity index (χ3v) is 3.07. The molecule has 2 unspecified atom stereocenters. The Morgan fingerprint density at radius 3 is 2.85 bits per heavy atom. The number of nitrogens with zero attached hydrogens (tertiary/aromatic N) is 1. The molecule has 1 aliphatic rings. The number of piperidine rings is 1. The van der Waals surface area contributed by atoms with Crippen LogP contribution in [0.2, 0.25) is 0 Å². The van der Waals surface area contributed by atoms with Crippen LogP contribution < -0.4 is 5.73 Å². The molecule has 0 saturated carbocycles. The zero-order chi connectivity index (χ0) is 9.68. The molecule has 0 radical (unpaired) electrons. The van der Waals surface area contributed by atoms with Crippen molar-refractivity contribution in [1.29, 1.82) is 0 Å². The molecular formula is C11H24N2. The number of likely N-dealkylation sites (tertiary alicyclic amines) is 1. The zero-order valence-electron chi connectivity index (χ0n) is 9.13. The molecule has 0 aromatic carbocycles. The monoisotopic (exact) mass is 184 g/mol. The van der Waals surface area contributed by atoms with Crippen molar-refractivity contribution >= 4 is 0 Å². The molecule has 0 amide bonds. The van der Waals surface area contributed by atoms with Gasteiger partial charge in [0, 0.05) is 18.6 Å². The number of rotatable bonds is 4. The molecule has 0 bridgehead atoms. The summed E-state index contributed by atoms with van der Waals surface area (Å²) in [5.74, 6) is 0. The minimum atomic E-state index is 0.394. The van der Waals surface area contributed by atoms with Crippen LogP contribution >= 0.6 is 0 Å². The van der Waals surface area contributed by atoms with E-state index >= 15 is 0 Å². The van der Waals surface area contributed by atoms with Gasteiger partial charge < -0.3 is 5.73 Å². The van der Waals surface area contributed by atoms with E-state index in [0.29, 0.717) is 6.04 Å². The Kier molecular flexibility index (Phi) is 4.74. The van der Waals surface area contributed by atoms with Crippen LogP contribution in [-0.2, 0) is 0 Å². The van der Waals surface area contributed by atoms with Gasteiger partial charge in [-0.3, -0.25) is 4.90 Å². The van der Waals surface area contributed by atoms with Crippen molar-refractivity contribution < 1.29 is 0 Å². The van der Waals surface area contributed by atoms with E-state index in [2.05, 4.69) is 18.7 Å². The van der Waals surface area contributed by atoms with Gasteiger partial charge in [-0.25, -0.2) is 0 Å². The Labute approximate surface area is 82.5 Å². The first-order valence-corrected chi connectivity index (χ1v) is 5.73. The second-order valence-corrected chi connectivity index (χ2v) is 4.39.